The van der Waals surface area contributed by atoms with Gasteiger partial charge in [0, 0.05) is 12.2 Å². The number of hydrogen-bond acceptors (Lipinski definition) is 3. The van der Waals surface area contributed by atoms with Gasteiger partial charge in [-0.05, 0) is 37.1 Å². The van der Waals surface area contributed by atoms with E-state index in [1.165, 1.54) is 5.56 Å². The van der Waals surface area contributed by atoms with Crippen LogP contribution in [0, 0.1) is 0 Å². The van der Waals surface area contributed by atoms with Crippen molar-refractivity contribution in [1.29, 1.82) is 0 Å². The molecular formula is C20H22N2O3. The normalized spacial score (nSPS) is 13.9. The minimum Gasteiger partial charge on any atom is -0.493 e. The first-order chi connectivity index (χ1) is 12.1. The second-order valence-electron chi connectivity index (χ2n) is 6.07. The Morgan fingerprint density at radius 3 is 2.64 bits per heavy atom. The van der Waals surface area contributed by atoms with Gasteiger partial charge in [0.05, 0.1) is 13.0 Å². The molecule has 1 atom stereocenters. The molecule has 0 spiro atoms. The van der Waals surface area contributed by atoms with Crippen LogP contribution in [-0.4, -0.2) is 31.0 Å². The summed E-state index contributed by atoms with van der Waals surface area (Å²) in [6.45, 7) is 2.66. The molecule has 1 heterocycles. The lowest BCUT2D eigenvalue weighted by Crippen LogP contribution is -2.46. The molecule has 1 aliphatic rings. The van der Waals surface area contributed by atoms with E-state index in [0.717, 1.165) is 17.9 Å². The lowest BCUT2D eigenvalue weighted by molar-refractivity contribution is -0.127. The highest BCUT2D eigenvalue weighted by Gasteiger charge is 2.28. The van der Waals surface area contributed by atoms with E-state index in [4.69, 9.17) is 4.74 Å². The maximum atomic E-state index is 12.6. The number of rotatable bonds is 6. The molecule has 0 aromatic heterocycles. The summed E-state index contributed by atoms with van der Waals surface area (Å²) in [6, 6.07) is 16.7. The van der Waals surface area contributed by atoms with Crippen LogP contribution in [0.5, 0.6) is 5.75 Å². The number of fused-ring (bicyclic) bond motifs is 1. The number of ether oxygens (including phenoxy) is 1. The van der Waals surface area contributed by atoms with E-state index in [-0.39, 0.29) is 24.8 Å². The molecule has 1 N–H and O–H groups in total. The van der Waals surface area contributed by atoms with Crippen molar-refractivity contribution in [1.82, 2.24) is 5.32 Å². The van der Waals surface area contributed by atoms with Gasteiger partial charge in [-0.25, -0.2) is 0 Å². The zero-order chi connectivity index (χ0) is 17.6. The summed E-state index contributed by atoms with van der Waals surface area (Å²) >= 11 is 0. The summed E-state index contributed by atoms with van der Waals surface area (Å²) in [5.41, 5.74) is 2.12. The molecule has 0 unspecified atom stereocenters. The maximum absolute atomic E-state index is 12.6. The van der Waals surface area contributed by atoms with Gasteiger partial charge >= 0.3 is 0 Å². The standard InChI is InChI=1S/C20H22N2O3/c1-15(20(24)22-13-11-16-7-5-6-10-18(16)22)21-19(23)12-14-25-17-8-3-2-4-9-17/h2-10,15H,11-14H2,1H3,(H,21,23)/t15-/m0/s1. The van der Waals surface area contributed by atoms with Crippen molar-refractivity contribution < 1.29 is 14.3 Å². The molecule has 2 aromatic rings. The third kappa shape index (κ3) is 4.18. The molecule has 0 fully saturated rings. The van der Waals surface area contributed by atoms with Gasteiger partial charge in [-0.3, -0.25) is 9.59 Å². The second kappa shape index (κ2) is 7.83. The molecule has 5 heteroatoms. The van der Waals surface area contributed by atoms with Crippen molar-refractivity contribution >= 4 is 17.5 Å². The maximum Gasteiger partial charge on any atom is 0.249 e. The second-order valence-corrected chi connectivity index (χ2v) is 6.07. The molecule has 0 saturated carbocycles. The summed E-state index contributed by atoms with van der Waals surface area (Å²) in [5.74, 6) is 0.458. The number of anilines is 1. The van der Waals surface area contributed by atoms with Gasteiger partial charge in [-0.1, -0.05) is 36.4 Å². The number of benzene rings is 2. The quantitative estimate of drug-likeness (QED) is 0.881. The van der Waals surface area contributed by atoms with Crippen LogP contribution in [0.1, 0.15) is 18.9 Å². The Morgan fingerprint density at radius 1 is 1.12 bits per heavy atom. The fraction of sp³-hybridized carbons (Fsp3) is 0.300. The lowest BCUT2D eigenvalue weighted by Gasteiger charge is -2.22. The van der Waals surface area contributed by atoms with Crippen LogP contribution in [0.15, 0.2) is 54.6 Å². The highest BCUT2D eigenvalue weighted by Crippen LogP contribution is 2.27. The van der Waals surface area contributed by atoms with E-state index in [1.807, 2.05) is 54.6 Å². The molecule has 25 heavy (non-hydrogen) atoms. The van der Waals surface area contributed by atoms with Crippen molar-refractivity contribution in [3.8, 4) is 5.75 Å². The molecular weight excluding hydrogens is 316 g/mol. The van der Waals surface area contributed by atoms with E-state index >= 15 is 0 Å². The van der Waals surface area contributed by atoms with Crippen LogP contribution in [0.3, 0.4) is 0 Å². The van der Waals surface area contributed by atoms with E-state index in [2.05, 4.69) is 5.32 Å². The number of amides is 2. The minimum atomic E-state index is -0.560. The number of nitrogens with zero attached hydrogens (tertiary/aromatic N) is 1. The highest BCUT2D eigenvalue weighted by molar-refractivity contribution is 6.00. The van der Waals surface area contributed by atoms with Gasteiger partial charge in [0.1, 0.15) is 11.8 Å². The monoisotopic (exact) mass is 338 g/mol. The summed E-state index contributed by atoms with van der Waals surface area (Å²) < 4.78 is 5.51. The van der Waals surface area contributed by atoms with Gasteiger partial charge in [0.15, 0.2) is 0 Å². The highest BCUT2D eigenvalue weighted by atomic mass is 16.5. The Kier molecular flexibility index (Phi) is 5.33. The van der Waals surface area contributed by atoms with Crippen molar-refractivity contribution in [3.05, 3.63) is 60.2 Å². The molecule has 0 saturated heterocycles. The predicted molar refractivity (Wildman–Crippen MR) is 96.7 cm³/mol. The van der Waals surface area contributed by atoms with Crippen LogP contribution in [0.4, 0.5) is 5.69 Å². The Morgan fingerprint density at radius 2 is 1.84 bits per heavy atom. The average Bonchev–Trinajstić information content (AvgIpc) is 3.06. The van der Waals surface area contributed by atoms with Crippen LogP contribution >= 0.6 is 0 Å². The number of carbonyl (C=O) groups excluding carboxylic acids is 2. The summed E-state index contributed by atoms with van der Waals surface area (Å²) in [4.78, 5) is 26.4. The fourth-order valence-electron chi connectivity index (χ4n) is 2.95. The third-order valence-electron chi connectivity index (χ3n) is 4.24. The van der Waals surface area contributed by atoms with Crippen molar-refractivity contribution in [2.45, 2.75) is 25.8 Å². The smallest absolute Gasteiger partial charge is 0.249 e. The molecule has 0 radical (unpaired) electrons. The van der Waals surface area contributed by atoms with E-state index < -0.39 is 6.04 Å². The SMILES string of the molecule is C[C@H](NC(=O)CCOc1ccccc1)C(=O)N1CCc2ccccc21. The molecule has 1 aliphatic heterocycles. The first-order valence-corrected chi connectivity index (χ1v) is 8.51. The Labute approximate surface area is 147 Å². The van der Waals surface area contributed by atoms with E-state index in [9.17, 15) is 9.59 Å². The van der Waals surface area contributed by atoms with Crippen LogP contribution < -0.4 is 15.0 Å². The number of hydrogen-bond donors (Lipinski definition) is 1. The minimum absolute atomic E-state index is 0.0812. The zero-order valence-corrected chi connectivity index (χ0v) is 14.3. The predicted octanol–water partition coefficient (Wildman–Crippen LogP) is 2.55. The largest absolute Gasteiger partial charge is 0.493 e. The van der Waals surface area contributed by atoms with Gasteiger partial charge < -0.3 is 15.0 Å². The number of nitrogens with one attached hydrogen (secondary N) is 1. The lowest BCUT2D eigenvalue weighted by atomic mass is 10.2. The van der Waals surface area contributed by atoms with Crippen LogP contribution in [0.2, 0.25) is 0 Å². The molecule has 3 rings (SSSR count). The Hall–Kier alpha value is -2.82. The van der Waals surface area contributed by atoms with Crippen LogP contribution in [-0.2, 0) is 16.0 Å². The topological polar surface area (TPSA) is 58.6 Å². The summed E-state index contributed by atoms with van der Waals surface area (Å²) in [7, 11) is 0. The fourth-order valence-corrected chi connectivity index (χ4v) is 2.95. The molecule has 130 valence electrons. The molecule has 2 amide bonds. The van der Waals surface area contributed by atoms with Crippen LogP contribution in [0.25, 0.3) is 0 Å². The summed E-state index contributed by atoms with van der Waals surface area (Å²) in [6.07, 6.45) is 1.07. The third-order valence-corrected chi connectivity index (χ3v) is 4.24. The van der Waals surface area contributed by atoms with Crippen molar-refractivity contribution in [2.24, 2.45) is 0 Å². The molecule has 0 bridgehead atoms. The molecule has 2 aromatic carbocycles. The van der Waals surface area contributed by atoms with Gasteiger partial charge in [0.2, 0.25) is 11.8 Å². The van der Waals surface area contributed by atoms with Gasteiger partial charge in [-0.2, -0.15) is 0 Å². The molecule has 0 aliphatic carbocycles. The summed E-state index contributed by atoms with van der Waals surface area (Å²) in [5, 5.41) is 2.76. The van der Waals surface area contributed by atoms with Crippen molar-refractivity contribution in [2.75, 3.05) is 18.1 Å². The van der Waals surface area contributed by atoms with Gasteiger partial charge in [0.25, 0.3) is 0 Å². The average molecular weight is 338 g/mol. The Bertz CT molecular complexity index is 746. The zero-order valence-electron chi connectivity index (χ0n) is 14.3. The first kappa shape index (κ1) is 17.0. The molecule has 5 nitrogen and oxygen atoms in total. The number of para-hydroxylation sites is 2. The first-order valence-electron chi connectivity index (χ1n) is 8.51. The Balaban J connectivity index is 1.47. The van der Waals surface area contributed by atoms with E-state index in [0.29, 0.717) is 6.54 Å². The van der Waals surface area contributed by atoms with Gasteiger partial charge in [-0.15, -0.1) is 0 Å². The van der Waals surface area contributed by atoms with Crippen molar-refractivity contribution in [3.63, 3.8) is 0 Å². The number of carbonyl (C=O) groups is 2. The van der Waals surface area contributed by atoms with E-state index in [1.54, 1.807) is 11.8 Å².